The van der Waals surface area contributed by atoms with E-state index in [2.05, 4.69) is 72.2 Å². The van der Waals surface area contributed by atoms with Crippen molar-refractivity contribution in [3.8, 4) is 22.6 Å². The minimum atomic E-state index is -0.561. The summed E-state index contributed by atoms with van der Waals surface area (Å²) in [5.41, 5.74) is 6.30. The normalized spacial score (nSPS) is 13.8. The minimum absolute atomic E-state index is 0.321. The van der Waals surface area contributed by atoms with Crippen LogP contribution in [0, 0.1) is 0 Å². The molecule has 9 heteroatoms. The summed E-state index contributed by atoms with van der Waals surface area (Å²) in [6.45, 7) is 10.2. The molecular formula is C36H49N7O2. The summed E-state index contributed by atoms with van der Waals surface area (Å²) in [7, 11) is 8.30. The maximum absolute atomic E-state index is 13.0. The summed E-state index contributed by atoms with van der Waals surface area (Å²) in [4.78, 5) is 38.3. The van der Waals surface area contributed by atoms with Crippen LogP contribution in [0.15, 0.2) is 58.5 Å². The van der Waals surface area contributed by atoms with Crippen molar-refractivity contribution in [2.45, 2.75) is 52.2 Å². The second kappa shape index (κ2) is 15.9. The van der Waals surface area contributed by atoms with Gasteiger partial charge in [0.25, 0.3) is 0 Å². The van der Waals surface area contributed by atoms with E-state index in [9.17, 15) is 4.79 Å². The summed E-state index contributed by atoms with van der Waals surface area (Å²) in [6, 6.07) is 16.5. The molecule has 3 aromatic rings. The molecule has 0 radical (unpaired) electrons. The van der Waals surface area contributed by atoms with Crippen LogP contribution in [0.5, 0.6) is 0 Å². The third kappa shape index (κ3) is 10.6. The van der Waals surface area contributed by atoms with Crippen molar-refractivity contribution in [2.24, 2.45) is 9.98 Å². The van der Waals surface area contributed by atoms with E-state index >= 15 is 0 Å². The highest BCUT2D eigenvalue weighted by Gasteiger charge is 2.29. The molecule has 4 rings (SSSR count). The monoisotopic (exact) mass is 611 g/mol. The van der Waals surface area contributed by atoms with Crippen LogP contribution in [0.3, 0.4) is 0 Å². The highest BCUT2D eigenvalue weighted by Crippen LogP contribution is 2.31. The fourth-order valence-electron chi connectivity index (χ4n) is 5.02. The molecule has 0 fully saturated rings. The van der Waals surface area contributed by atoms with Gasteiger partial charge in [0.2, 0.25) is 0 Å². The lowest BCUT2D eigenvalue weighted by Crippen LogP contribution is -2.40. The molecule has 0 saturated heterocycles. The zero-order chi connectivity index (χ0) is 32.4. The number of carbonyl (C=O) groups is 1. The van der Waals surface area contributed by atoms with Crippen molar-refractivity contribution >= 4 is 18.5 Å². The number of ether oxygens (including phenoxy) is 1. The van der Waals surface area contributed by atoms with Crippen LogP contribution in [0.25, 0.3) is 22.6 Å². The Labute approximate surface area is 269 Å². The van der Waals surface area contributed by atoms with Crippen LogP contribution in [-0.2, 0) is 17.7 Å². The lowest BCUT2D eigenvalue weighted by Gasteiger charge is -2.31. The zero-order valence-corrected chi connectivity index (χ0v) is 28.1. The molecule has 1 aromatic heterocycles. The number of carbonyl (C=O) groups excluding carboxylic acids is 1. The molecule has 2 aromatic carbocycles. The first-order valence-electron chi connectivity index (χ1n) is 15.9. The predicted molar refractivity (Wildman–Crippen MR) is 185 cm³/mol. The van der Waals surface area contributed by atoms with E-state index in [1.807, 2.05) is 57.5 Å². The summed E-state index contributed by atoms with van der Waals surface area (Å²) in [5.74, 6) is 0.635. The van der Waals surface area contributed by atoms with E-state index in [0.717, 1.165) is 78.2 Å². The average Bonchev–Trinajstić information content (AvgIpc) is 2.99. The summed E-state index contributed by atoms with van der Waals surface area (Å²) in [6.07, 6.45) is 6.25. The van der Waals surface area contributed by atoms with Gasteiger partial charge in [-0.25, -0.2) is 14.8 Å². The maximum Gasteiger partial charge on any atom is 0.410 e. The van der Waals surface area contributed by atoms with E-state index in [0.29, 0.717) is 25.3 Å². The Morgan fingerprint density at radius 3 is 1.89 bits per heavy atom. The first kappa shape index (κ1) is 33.9. The number of aliphatic imine (C=N–C) groups is 2. The van der Waals surface area contributed by atoms with Crippen LogP contribution in [0.1, 0.15) is 56.0 Å². The van der Waals surface area contributed by atoms with Gasteiger partial charge in [-0.05, 0) is 92.4 Å². The second-order valence-electron chi connectivity index (χ2n) is 13.1. The topological polar surface area (TPSA) is 86.5 Å². The van der Waals surface area contributed by atoms with Gasteiger partial charge >= 0.3 is 6.09 Å². The summed E-state index contributed by atoms with van der Waals surface area (Å²) in [5, 5.41) is 0. The summed E-state index contributed by atoms with van der Waals surface area (Å²) < 4.78 is 5.68. The average molecular weight is 612 g/mol. The van der Waals surface area contributed by atoms with Gasteiger partial charge in [-0.3, -0.25) is 9.98 Å². The molecule has 0 atom stereocenters. The molecule has 1 aliphatic rings. The van der Waals surface area contributed by atoms with Gasteiger partial charge in [-0.2, -0.15) is 0 Å². The van der Waals surface area contributed by atoms with Gasteiger partial charge < -0.3 is 19.4 Å². The number of nitrogens with zero attached hydrogens (tertiary/aromatic N) is 7. The van der Waals surface area contributed by atoms with Crippen molar-refractivity contribution in [1.29, 1.82) is 0 Å². The predicted octanol–water partition coefficient (Wildman–Crippen LogP) is 5.85. The largest absolute Gasteiger partial charge is 0.444 e. The Morgan fingerprint density at radius 2 is 1.38 bits per heavy atom. The molecule has 0 aliphatic carbocycles. The number of benzene rings is 2. The van der Waals surface area contributed by atoms with Crippen molar-refractivity contribution in [1.82, 2.24) is 24.7 Å². The van der Waals surface area contributed by atoms with Crippen molar-refractivity contribution < 1.29 is 9.53 Å². The Kier molecular flexibility index (Phi) is 12.0. The SMILES string of the molecule is CN(C)CCCN=Cc1ccc(-c2nc3c(c(-c4ccc(C=NCCCN(C)C)cc4)n2)CCN(C(=O)OC(C)(C)C)C3)cc1. The summed E-state index contributed by atoms with van der Waals surface area (Å²) >= 11 is 0. The molecule has 1 amide bonds. The van der Waals surface area contributed by atoms with Gasteiger partial charge in [0.1, 0.15) is 5.60 Å². The van der Waals surface area contributed by atoms with Gasteiger partial charge in [-0.15, -0.1) is 0 Å². The number of hydrogen-bond donors (Lipinski definition) is 0. The van der Waals surface area contributed by atoms with E-state index < -0.39 is 5.60 Å². The number of aromatic nitrogens is 2. The van der Waals surface area contributed by atoms with Crippen molar-refractivity contribution in [3.63, 3.8) is 0 Å². The smallest absolute Gasteiger partial charge is 0.410 e. The zero-order valence-electron chi connectivity index (χ0n) is 28.1. The molecule has 1 aliphatic heterocycles. The molecule has 0 bridgehead atoms. The third-order valence-corrected chi connectivity index (χ3v) is 7.34. The Hall–Kier alpha value is -3.95. The Morgan fingerprint density at radius 1 is 0.844 bits per heavy atom. The first-order chi connectivity index (χ1) is 21.5. The molecule has 0 unspecified atom stereocenters. The van der Waals surface area contributed by atoms with Gasteiger partial charge in [0, 0.05) is 48.8 Å². The van der Waals surface area contributed by atoms with E-state index in [4.69, 9.17) is 14.7 Å². The number of fused-ring (bicyclic) bond motifs is 1. The Bertz CT molecular complexity index is 1460. The van der Waals surface area contributed by atoms with Crippen molar-refractivity contribution in [3.05, 3.63) is 70.9 Å². The molecule has 0 spiro atoms. The van der Waals surface area contributed by atoms with Crippen LogP contribution in [0.2, 0.25) is 0 Å². The van der Waals surface area contributed by atoms with Crippen LogP contribution >= 0.6 is 0 Å². The third-order valence-electron chi connectivity index (χ3n) is 7.34. The fraction of sp³-hybridized carbons (Fsp3) is 0.472. The maximum atomic E-state index is 13.0. The van der Waals surface area contributed by atoms with Crippen LogP contribution < -0.4 is 0 Å². The number of rotatable bonds is 12. The van der Waals surface area contributed by atoms with Gasteiger partial charge in [-0.1, -0.05) is 48.5 Å². The second-order valence-corrected chi connectivity index (χ2v) is 13.1. The molecule has 0 N–H and O–H groups in total. The van der Waals surface area contributed by atoms with Crippen molar-refractivity contribution in [2.75, 3.05) is 60.9 Å². The molecular weight excluding hydrogens is 562 g/mol. The van der Waals surface area contributed by atoms with Gasteiger partial charge in [0.15, 0.2) is 5.82 Å². The highest BCUT2D eigenvalue weighted by molar-refractivity contribution is 5.82. The van der Waals surface area contributed by atoms with Crippen LogP contribution in [-0.4, -0.2) is 110 Å². The van der Waals surface area contributed by atoms with E-state index in [-0.39, 0.29) is 6.09 Å². The van der Waals surface area contributed by atoms with Crippen LogP contribution in [0.4, 0.5) is 4.79 Å². The van der Waals surface area contributed by atoms with Gasteiger partial charge in [0.05, 0.1) is 17.9 Å². The number of hydrogen-bond acceptors (Lipinski definition) is 8. The lowest BCUT2D eigenvalue weighted by atomic mass is 9.97. The molecule has 0 saturated carbocycles. The highest BCUT2D eigenvalue weighted by atomic mass is 16.6. The number of amides is 1. The Balaban J connectivity index is 1.59. The standard InChI is InChI=1S/C36H49N7O2/c1-36(2,3)45-35(44)43-23-18-31-32(26-43)39-34(30-16-12-28(13-17-30)25-38-20-9-22-42(6)7)40-33(31)29-14-10-27(11-15-29)24-37-19-8-21-41(4)5/h10-17,24-25H,8-9,18-23,26H2,1-7H3. The quantitative estimate of drug-likeness (QED) is 0.189. The molecule has 9 nitrogen and oxygen atoms in total. The molecule has 45 heavy (non-hydrogen) atoms. The van der Waals surface area contributed by atoms with E-state index in [1.165, 1.54) is 0 Å². The fourth-order valence-corrected chi connectivity index (χ4v) is 5.02. The lowest BCUT2D eigenvalue weighted by molar-refractivity contribution is 0.0221. The minimum Gasteiger partial charge on any atom is -0.444 e. The van der Waals surface area contributed by atoms with E-state index in [1.54, 1.807) is 4.90 Å². The first-order valence-corrected chi connectivity index (χ1v) is 15.9. The molecule has 240 valence electrons. The molecule has 2 heterocycles.